The van der Waals surface area contributed by atoms with Gasteiger partial charge in [0.2, 0.25) is 0 Å². The Bertz CT molecular complexity index is 1040. The molecule has 1 saturated carbocycles. The zero-order valence-electron chi connectivity index (χ0n) is 14.4. The normalized spacial score (nSPS) is 23.9. The Hall–Kier alpha value is -2.31. The maximum atomic E-state index is 14.3. The molecule has 1 aromatic heterocycles. The van der Waals surface area contributed by atoms with Gasteiger partial charge in [0, 0.05) is 10.9 Å². The zero-order valence-corrected chi connectivity index (χ0v) is 15.2. The van der Waals surface area contributed by atoms with E-state index >= 15 is 0 Å². The fourth-order valence-corrected chi connectivity index (χ4v) is 4.29. The van der Waals surface area contributed by atoms with Crippen molar-refractivity contribution in [2.45, 2.75) is 30.7 Å². The monoisotopic (exact) mass is 386 g/mol. The summed E-state index contributed by atoms with van der Waals surface area (Å²) in [6.07, 6.45) is 4.94. The maximum absolute atomic E-state index is 14.3. The van der Waals surface area contributed by atoms with Gasteiger partial charge < -0.3 is 10.6 Å². The van der Waals surface area contributed by atoms with Crippen LogP contribution in [0, 0.1) is 11.6 Å². The molecular formula is C20H17ClF2N4. The predicted molar refractivity (Wildman–Crippen MR) is 102 cm³/mol. The van der Waals surface area contributed by atoms with Crippen LogP contribution in [0.5, 0.6) is 0 Å². The molecule has 138 valence electrons. The number of benzene rings is 2. The van der Waals surface area contributed by atoms with Gasteiger partial charge in [0.05, 0.1) is 11.2 Å². The van der Waals surface area contributed by atoms with Gasteiger partial charge in [0.15, 0.2) is 5.82 Å². The standard InChI is InChI=1S/C20H17ClF2N4/c21-17-14(22)2-4-16(18(17)23)27-19-13-7-11(1-3-15(13)24-10-25-19)12-8-20(9-12)5-6-26-20/h1-4,7,10,12,26H,5-6,8-9H2,(H,24,25,27). The summed E-state index contributed by atoms with van der Waals surface area (Å²) < 4.78 is 27.7. The van der Waals surface area contributed by atoms with Crippen LogP contribution < -0.4 is 10.6 Å². The lowest BCUT2D eigenvalue weighted by molar-refractivity contribution is 0.0766. The molecule has 2 fully saturated rings. The van der Waals surface area contributed by atoms with E-state index < -0.39 is 16.7 Å². The van der Waals surface area contributed by atoms with Crippen LogP contribution in [-0.4, -0.2) is 22.1 Å². The van der Waals surface area contributed by atoms with Crippen LogP contribution in [0.25, 0.3) is 10.9 Å². The van der Waals surface area contributed by atoms with Gasteiger partial charge in [-0.3, -0.25) is 0 Å². The molecule has 0 amide bonds. The Balaban J connectivity index is 1.49. The second-order valence-electron chi connectivity index (χ2n) is 7.41. The number of nitrogens with zero attached hydrogens (tertiary/aromatic N) is 2. The maximum Gasteiger partial charge on any atom is 0.168 e. The first-order valence-electron chi connectivity index (χ1n) is 8.95. The van der Waals surface area contributed by atoms with Crippen molar-refractivity contribution in [2.75, 3.05) is 11.9 Å². The molecule has 2 heterocycles. The molecule has 2 aliphatic rings. The Morgan fingerprint density at radius 1 is 1.15 bits per heavy atom. The minimum atomic E-state index is -0.837. The number of anilines is 2. The summed E-state index contributed by atoms with van der Waals surface area (Å²) in [5.41, 5.74) is 2.42. The van der Waals surface area contributed by atoms with Crippen molar-refractivity contribution in [1.82, 2.24) is 15.3 Å². The first-order chi connectivity index (χ1) is 13.0. The molecule has 0 unspecified atom stereocenters. The topological polar surface area (TPSA) is 49.8 Å². The lowest BCUT2D eigenvalue weighted by Gasteiger charge is -2.55. The predicted octanol–water partition coefficient (Wildman–Crippen LogP) is 4.91. The number of rotatable bonds is 3. The molecular weight excluding hydrogens is 370 g/mol. The van der Waals surface area contributed by atoms with Crippen LogP contribution in [0.3, 0.4) is 0 Å². The molecule has 7 heteroatoms. The molecule has 0 radical (unpaired) electrons. The smallest absolute Gasteiger partial charge is 0.168 e. The summed E-state index contributed by atoms with van der Waals surface area (Å²) in [4.78, 5) is 8.55. The number of fused-ring (bicyclic) bond motifs is 1. The van der Waals surface area contributed by atoms with E-state index in [-0.39, 0.29) is 5.69 Å². The lowest BCUT2D eigenvalue weighted by Crippen LogP contribution is -2.63. The molecule has 0 bridgehead atoms. The third kappa shape index (κ3) is 2.75. The van der Waals surface area contributed by atoms with Crippen LogP contribution in [0.15, 0.2) is 36.7 Å². The van der Waals surface area contributed by atoms with Crippen molar-refractivity contribution in [1.29, 1.82) is 0 Å². The van der Waals surface area contributed by atoms with E-state index in [9.17, 15) is 8.78 Å². The van der Waals surface area contributed by atoms with Crippen LogP contribution in [-0.2, 0) is 0 Å². The molecule has 1 aliphatic heterocycles. The lowest BCUT2D eigenvalue weighted by atomic mass is 9.61. The Morgan fingerprint density at radius 2 is 1.96 bits per heavy atom. The van der Waals surface area contributed by atoms with Gasteiger partial charge in [-0.1, -0.05) is 17.7 Å². The summed E-state index contributed by atoms with van der Waals surface area (Å²) in [6.45, 7) is 1.11. The van der Waals surface area contributed by atoms with Gasteiger partial charge >= 0.3 is 0 Å². The highest BCUT2D eigenvalue weighted by molar-refractivity contribution is 6.31. The first kappa shape index (κ1) is 16.8. The number of hydrogen-bond acceptors (Lipinski definition) is 4. The van der Waals surface area contributed by atoms with Gasteiger partial charge in [-0.15, -0.1) is 0 Å². The fourth-order valence-electron chi connectivity index (χ4n) is 4.12. The Morgan fingerprint density at radius 3 is 2.70 bits per heavy atom. The SMILES string of the molecule is Fc1ccc(Nc2ncnc3ccc(C4CC5(CCN5)C4)cc23)c(F)c1Cl. The van der Waals surface area contributed by atoms with Crippen molar-refractivity contribution in [2.24, 2.45) is 0 Å². The minimum absolute atomic E-state index is 0.0769. The van der Waals surface area contributed by atoms with Crippen molar-refractivity contribution >= 4 is 34.0 Å². The van der Waals surface area contributed by atoms with Gasteiger partial charge in [0.25, 0.3) is 0 Å². The van der Waals surface area contributed by atoms with Crippen LogP contribution in [0.4, 0.5) is 20.3 Å². The molecule has 3 aromatic rings. The fraction of sp³-hybridized carbons (Fsp3) is 0.300. The van der Waals surface area contributed by atoms with Gasteiger partial charge in [-0.05, 0) is 61.6 Å². The van der Waals surface area contributed by atoms with E-state index in [1.54, 1.807) is 0 Å². The number of nitrogens with one attached hydrogen (secondary N) is 2. The van der Waals surface area contributed by atoms with Crippen molar-refractivity contribution in [3.8, 4) is 0 Å². The van der Waals surface area contributed by atoms with Gasteiger partial charge in [-0.2, -0.15) is 0 Å². The molecule has 4 nitrogen and oxygen atoms in total. The molecule has 5 rings (SSSR count). The van der Waals surface area contributed by atoms with E-state index in [1.807, 2.05) is 6.07 Å². The van der Waals surface area contributed by atoms with Crippen molar-refractivity contribution < 1.29 is 8.78 Å². The molecule has 2 aromatic carbocycles. The van der Waals surface area contributed by atoms with Crippen molar-refractivity contribution in [3.05, 3.63) is 58.9 Å². The van der Waals surface area contributed by atoms with Crippen LogP contribution in [0.2, 0.25) is 5.02 Å². The van der Waals surface area contributed by atoms with Gasteiger partial charge in [-0.25, -0.2) is 18.7 Å². The van der Waals surface area contributed by atoms with E-state index in [1.165, 1.54) is 24.4 Å². The average molecular weight is 387 g/mol. The summed E-state index contributed by atoms with van der Waals surface area (Å²) in [6, 6.07) is 8.57. The molecule has 27 heavy (non-hydrogen) atoms. The number of halogens is 3. The first-order valence-corrected chi connectivity index (χ1v) is 9.33. The van der Waals surface area contributed by atoms with E-state index in [2.05, 4.69) is 32.7 Å². The van der Waals surface area contributed by atoms with E-state index in [4.69, 9.17) is 11.6 Å². The zero-order chi connectivity index (χ0) is 18.6. The average Bonchev–Trinajstić information content (AvgIpc) is 2.60. The second kappa shape index (κ2) is 6.11. The highest BCUT2D eigenvalue weighted by Crippen LogP contribution is 2.50. The van der Waals surface area contributed by atoms with Crippen LogP contribution in [0.1, 0.15) is 30.7 Å². The Kier molecular flexibility index (Phi) is 3.81. The van der Waals surface area contributed by atoms with Crippen LogP contribution >= 0.6 is 11.6 Å². The Labute approximate surface area is 160 Å². The quantitative estimate of drug-likeness (QED) is 0.628. The molecule has 1 spiro atoms. The third-order valence-corrected chi connectivity index (χ3v) is 6.14. The summed E-state index contributed by atoms with van der Waals surface area (Å²) in [5.74, 6) is -0.652. The highest BCUT2D eigenvalue weighted by Gasteiger charge is 2.48. The molecule has 0 atom stereocenters. The van der Waals surface area contributed by atoms with E-state index in [0.717, 1.165) is 36.4 Å². The van der Waals surface area contributed by atoms with E-state index in [0.29, 0.717) is 17.3 Å². The third-order valence-electron chi connectivity index (χ3n) is 5.80. The molecule has 1 aliphatic carbocycles. The number of hydrogen-bond donors (Lipinski definition) is 2. The highest BCUT2D eigenvalue weighted by atomic mass is 35.5. The molecule has 2 N–H and O–H groups in total. The second-order valence-corrected chi connectivity index (χ2v) is 7.79. The van der Waals surface area contributed by atoms with Gasteiger partial charge in [0.1, 0.15) is 23.0 Å². The summed E-state index contributed by atoms with van der Waals surface area (Å²) >= 11 is 5.68. The number of aromatic nitrogens is 2. The summed E-state index contributed by atoms with van der Waals surface area (Å²) in [5, 5.41) is 6.74. The molecule has 1 saturated heterocycles. The largest absolute Gasteiger partial charge is 0.337 e. The minimum Gasteiger partial charge on any atom is -0.337 e. The summed E-state index contributed by atoms with van der Waals surface area (Å²) in [7, 11) is 0. The van der Waals surface area contributed by atoms with Crippen molar-refractivity contribution in [3.63, 3.8) is 0 Å².